The molecule has 3 unspecified atom stereocenters. The molecular weight excluding hydrogens is 448 g/mol. The summed E-state index contributed by atoms with van der Waals surface area (Å²) >= 11 is 0. The molecule has 0 radical (unpaired) electrons. The summed E-state index contributed by atoms with van der Waals surface area (Å²) in [6.45, 7) is 5.30. The molecule has 35 heavy (non-hydrogen) atoms. The molecule has 1 aliphatic carbocycles. The van der Waals surface area contributed by atoms with E-state index in [0.717, 1.165) is 28.7 Å². The number of fused-ring (bicyclic) bond motifs is 3. The van der Waals surface area contributed by atoms with Gasteiger partial charge in [0.2, 0.25) is 5.91 Å². The first-order valence-corrected chi connectivity index (χ1v) is 11.9. The van der Waals surface area contributed by atoms with Crippen LogP contribution in [-0.2, 0) is 19.1 Å². The highest BCUT2D eigenvalue weighted by Crippen LogP contribution is 2.44. The van der Waals surface area contributed by atoms with Gasteiger partial charge in [-0.15, -0.1) is 0 Å². The Balaban J connectivity index is 1.69. The molecule has 3 rings (SSSR count). The van der Waals surface area contributed by atoms with Crippen LogP contribution in [0.15, 0.2) is 48.5 Å². The molecule has 0 aliphatic heterocycles. The summed E-state index contributed by atoms with van der Waals surface area (Å²) < 4.78 is 10.7. The lowest BCUT2D eigenvalue weighted by atomic mass is 9.97. The van der Waals surface area contributed by atoms with Gasteiger partial charge >= 0.3 is 12.1 Å². The molecule has 1 aliphatic rings. The van der Waals surface area contributed by atoms with Gasteiger partial charge < -0.3 is 25.2 Å². The van der Waals surface area contributed by atoms with Crippen LogP contribution in [0.5, 0.6) is 0 Å². The van der Waals surface area contributed by atoms with Gasteiger partial charge in [0.05, 0.1) is 6.61 Å². The van der Waals surface area contributed by atoms with Crippen molar-refractivity contribution in [3.8, 4) is 11.1 Å². The fraction of sp³-hybridized carbons (Fsp3) is 0.444. The molecule has 0 saturated heterocycles. The van der Waals surface area contributed by atoms with Crippen molar-refractivity contribution in [3.63, 3.8) is 0 Å². The van der Waals surface area contributed by atoms with Gasteiger partial charge in [-0.1, -0.05) is 68.8 Å². The molecule has 8 heteroatoms. The quantitative estimate of drug-likeness (QED) is 0.447. The van der Waals surface area contributed by atoms with Crippen LogP contribution >= 0.6 is 0 Å². The van der Waals surface area contributed by atoms with Crippen LogP contribution in [0.1, 0.15) is 50.7 Å². The molecule has 2 aromatic carbocycles. The van der Waals surface area contributed by atoms with Crippen molar-refractivity contribution in [1.29, 1.82) is 0 Å². The third-order valence-electron chi connectivity index (χ3n) is 6.59. The predicted molar refractivity (Wildman–Crippen MR) is 132 cm³/mol. The van der Waals surface area contributed by atoms with E-state index in [1.54, 1.807) is 0 Å². The number of carboxylic acid groups (broad SMARTS) is 1. The minimum Gasteiger partial charge on any atom is -0.480 e. The molecule has 0 fully saturated rings. The predicted octanol–water partition coefficient (Wildman–Crippen LogP) is 3.94. The summed E-state index contributed by atoms with van der Waals surface area (Å²) in [5.74, 6) is -1.79. The van der Waals surface area contributed by atoms with Crippen LogP contribution in [0.3, 0.4) is 0 Å². The SMILES string of the molecule is CCC(C)CC(NC(=O)C(C)(COC)NC(=O)OCC1c2ccccc2-c2ccccc21)C(=O)O. The van der Waals surface area contributed by atoms with E-state index < -0.39 is 29.6 Å². The zero-order chi connectivity index (χ0) is 25.6. The zero-order valence-corrected chi connectivity index (χ0v) is 20.7. The number of ether oxygens (including phenoxy) is 2. The molecule has 3 N–H and O–H groups in total. The number of benzene rings is 2. The van der Waals surface area contributed by atoms with Crippen molar-refractivity contribution in [1.82, 2.24) is 10.6 Å². The lowest BCUT2D eigenvalue weighted by molar-refractivity contribution is -0.143. The highest BCUT2D eigenvalue weighted by atomic mass is 16.5. The third-order valence-corrected chi connectivity index (χ3v) is 6.59. The summed E-state index contributed by atoms with van der Waals surface area (Å²) in [4.78, 5) is 37.5. The first-order chi connectivity index (χ1) is 16.7. The number of carbonyl (C=O) groups excluding carboxylic acids is 2. The Morgan fingerprint density at radius 1 is 1.06 bits per heavy atom. The number of hydrogen-bond acceptors (Lipinski definition) is 5. The van der Waals surface area contributed by atoms with E-state index >= 15 is 0 Å². The second kappa shape index (κ2) is 11.4. The van der Waals surface area contributed by atoms with E-state index in [2.05, 4.69) is 10.6 Å². The fourth-order valence-corrected chi connectivity index (χ4v) is 4.41. The number of rotatable bonds is 11. The van der Waals surface area contributed by atoms with Crippen LogP contribution in [-0.4, -0.2) is 55.0 Å². The normalized spacial score (nSPS) is 15.8. The van der Waals surface area contributed by atoms with Crippen LogP contribution in [0.25, 0.3) is 11.1 Å². The van der Waals surface area contributed by atoms with Gasteiger partial charge in [0.15, 0.2) is 0 Å². The summed E-state index contributed by atoms with van der Waals surface area (Å²) in [5.41, 5.74) is 2.87. The second-order valence-electron chi connectivity index (χ2n) is 9.33. The molecule has 0 aromatic heterocycles. The standard InChI is InChI=1S/C27H34N2O6/c1-5-17(2)14-23(24(30)31)28-25(32)27(3,16-34-4)29-26(33)35-15-22-20-12-8-6-10-18(20)19-11-7-9-13-21(19)22/h6-13,17,22-23H,5,14-16H2,1-4H3,(H,28,32)(H,29,33)(H,30,31). The monoisotopic (exact) mass is 482 g/mol. The molecule has 188 valence electrons. The zero-order valence-electron chi connectivity index (χ0n) is 20.7. The molecule has 0 bridgehead atoms. The maximum absolute atomic E-state index is 13.0. The number of hydrogen-bond donors (Lipinski definition) is 3. The van der Waals surface area contributed by atoms with Gasteiger partial charge in [-0.05, 0) is 41.5 Å². The van der Waals surface area contributed by atoms with Gasteiger partial charge in [0.25, 0.3) is 0 Å². The summed E-state index contributed by atoms with van der Waals surface area (Å²) in [5, 5.41) is 14.7. The Labute approximate surface area is 206 Å². The largest absolute Gasteiger partial charge is 0.480 e. The molecule has 2 amide bonds. The number of methoxy groups -OCH3 is 1. The smallest absolute Gasteiger partial charge is 0.408 e. The summed E-state index contributed by atoms with van der Waals surface area (Å²) in [7, 11) is 1.40. The lowest BCUT2D eigenvalue weighted by Crippen LogP contribution is -2.62. The van der Waals surface area contributed by atoms with Crippen LogP contribution < -0.4 is 10.6 Å². The minimum atomic E-state index is -1.51. The molecule has 0 heterocycles. The topological polar surface area (TPSA) is 114 Å². The average molecular weight is 483 g/mol. The fourth-order valence-electron chi connectivity index (χ4n) is 4.41. The Kier molecular flexibility index (Phi) is 8.51. The minimum absolute atomic E-state index is 0.0936. The summed E-state index contributed by atoms with van der Waals surface area (Å²) in [6.07, 6.45) is 0.286. The molecule has 3 atom stereocenters. The molecule has 0 saturated carbocycles. The van der Waals surface area contributed by atoms with Gasteiger partial charge in [0, 0.05) is 13.0 Å². The van der Waals surface area contributed by atoms with Gasteiger partial charge in [-0.2, -0.15) is 0 Å². The van der Waals surface area contributed by atoms with Crippen LogP contribution in [0.4, 0.5) is 4.79 Å². The van der Waals surface area contributed by atoms with E-state index in [0.29, 0.717) is 0 Å². The van der Waals surface area contributed by atoms with Crippen LogP contribution in [0.2, 0.25) is 0 Å². The van der Waals surface area contributed by atoms with Crippen molar-refractivity contribution in [2.24, 2.45) is 5.92 Å². The molecule has 0 spiro atoms. The average Bonchev–Trinajstić information content (AvgIpc) is 3.15. The van der Waals surface area contributed by atoms with E-state index in [4.69, 9.17) is 9.47 Å². The van der Waals surface area contributed by atoms with Crippen LogP contribution in [0, 0.1) is 5.92 Å². The van der Waals surface area contributed by atoms with E-state index in [1.807, 2.05) is 62.4 Å². The number of nitrogens with one attached hydrogen (secondary N) is 2. The van der Waals surface area contributed by atoms with Crippen molar-refractivity contribution < 1.29 is 29.0 Å². The van der Waals surface area contributed by atoms with Gasteiger partial charge in [-0.25, -0.2) is 9.59 Å². The van der Waals surface area contributed by atoms with Crippen molar-refractivity contribution in [2.75, 3.05) is 20.3 Å². The molecule has 8 nitrogen and oxygen atoms in total. The number of aliphatic carboxylic acids is 1. The second-order valence-corrected chi connectivity index (χ2v) is 9.33. The maximum Gasteiger partial charge on any atom is 0.408 e. The Bertz CT molecular complexity index is 1030. The van der Waals surface area contributed by atoms with E-state index in [-0.39, 0.29) is 31.5 Å². The number of carbonyl (C=O) groups is 3. The number of carboxylic acids is 1. The Morgan fingerprint density at radius 3 is 2.14 bits per heavy atom. The van der Waals surface area contributed by atoms with E-state index in [1.165, 1.54) is 14.0 Å². The summed E-state index contributed by atoms with van der Waals surface area (Å²) in [6, 6.07) is 14.9. The highest BCUT2D eigenvalue weighted by Gasteiger charge is 2.38. The van der Waals surface area contributed by atoms with Crippen molar-refractivity contribution in [2.45, 2.75) is 51.1 Å². The highest BCUT2D eigenvalue weighted by molar-refractivity contribution is 5.92. The maximum atomic E-state index is 13.0. The third kappa shape index (κ3) is 6.00. The lowest BCUT2D eigenvalue weighted by Gasteiger charge is -2.30. The van der Waals surface area contributed by atoms with Gasteiger partial charge in [0.1, 0.15) is 18.2 Å². The Hall–Kier alpha value is -3.39. The first-order valence-electron chi connectivity index (χ1n) is 11.9. The van der Waals surface area contributed by atoms with Crippen molar-refractivity contribution >= 4 is 18.0 Å². The number of amides is 2. The Morgan fingerprint density at radius 2 is 1.63 bits per heavy atom. The van der Waals surface area contributed by atoms with Crippen molar-refractivity contribution in [3.05, 3.63) is 59.7 Å². The first kappa shape index (κ1) is 26.2. The number of alkyl carbamates (subject to hydrolysis) is 1. The van der Waals surface area contributed by atoms with E-state index in [9.17, 15) is 19.5 Å². The van der Waals surface area contributed by atoms with Gasteiger partial charge in [-0.3, -0.25) is 4.79 Å². The molecular formula is C27H34N2O6. The molecule has 2 aromatic rings.